The Labute approximate surface area is 372 Å². The van der Waals surface area contributed by atoms with Crippen LogP contribution in [0.2, 0.25) is 0 Å². The van der Waals surface area contributed by atoms with Crippen molar-refractivity contribution in [1.82, 2.24) is 5.32 Å². The van der Waals surface area contributed by atoms with Crippen LogP contribution in [0.1, 0.15) is 181 Å². The molecule has 0 aromatic carbocycles. The summed E-state index contributed by atoms with van der Waals surface area (Å²) >= 11 is 0. The lowest BCUT2D eigenvalue weighted by Crippen LogP contribution is -2.27. The number of aliphatic hydroxyl groups excluding tert-OH is 1. The van der Waals surface area contributed by atoms with Crippen molar-refractivity contribution in [2.75, 3.05) is 26.4 Å². The van der Waals surface area contributed by atoms with E-state index < -0.39 is 26.5 Å². The number of nitrogens with one attached hydrogen (secondary N) is 1. The zero-order valence-corrected chi connectivity index (χ0v) is 39.2. The van der Waals surface area contributed by atoms with E-state index in [1.165, 1.54) is 51.4 Å². The normalized spacial score (nSPS) is 14.1. The van der Waals surface area contributed by atoms with E-state index in [4.69, 9.17) is 13.8 Å². The third-order valence-corrected chi connectivity index (χ3v) is 10.5. The van der Waals surface area contributed by atoms with E-state index in [0.717, 1.165) is 96.3 Å². The summed E-state index contributed by atoms with van der Waals surface area (Å²) in [5.41, 5.74) is 0. The van der Waals surface area contributed by atoms with Gasteiger partial charge in [-0.3, -0.25) is 18.6 Å². The van der Waals surface area contributed by atoms with Gasteiger partial charge in [-0.2, -0.15) is 0 Å². The minimum Gasteiger partial charge on any atom is -0.463 e. The number of esters is 1. The van der Waals surface area contributed by atoms with Crippen LogP contribution in [-0.4, -0.2) is 54.3 Å². The van der Waals surface area contributed by atoms with Crippen molar-refractivity contribution in [1.29, 1.82) is 0 Å². The Morgan fingerprint density at radius 3 is 1.41 bits per heavy atom. The highest BCUT2D eigenvalue weighted by Gasteiger charge is 2.23. The molecule has 61 heavy (non-hydrogen) atoms. The number of amides is 1. The summed E-state index contributed by atoms with van der Waals surface area (Å²) in [6, 6.07) is 0. The molecule has 0 aliphatic carbocycles. The summed E-state index contributed by atoms with van der Waals surface area (Å²) in [7, 11) is -4.44. The maximum absolute atomic E-state index is 12.1. The van der Waals surface area contributed by atoms with Crippen LogP contribution in [0.25, 0.3) is 0 Å². The summed E-state index contributed by atoms with van der Waals surface area (Å²) < 4.78 is 26.9. The smallest absolute Gasteiger partial charge is 0.463 e. The lowest BCUT2D eigenvalue weighted by molar-refractivity contribution is -0.147. The van der Waals surface area contributed by atoms with Gasteiger partial charge in [0.15, 0.2) is 0 Å². The van der Waals surface area contributed by atoms with Crippen molar-refractivity contribution in [3.05, 3.63) is 97.2 Å². The number of carbonyl (C=O) groups excluding carboxylic acids is 2. The van der Waals surface area contributed by atoms with Gasteiger partial charge in [-0.1, -0.05) is 169 Å². The van der Waals surface area contributed by atoms with Crippen LogP contribution < -0.4 is 5.32 Å². The molecular formula is C51H86NO8P. The summed E-state index contributed by atoms with van der Waals surface area (Å²) in [5.74, 6) is -0.556. The van der Waals surface area contributed by atoms with Crippen LogP contribution in [0.4, 0.5) is 0 Å². The Morgan fingerprint density at radius 1 is 0.525 bits per heavy atom. The predicted octanol–water partition coefficient (Wildman–Crippen LogP) is 13.8. The first kappa shape index (κ1) is 57.9. The molecule has 10 heteroatoms. The number of unbranched alkanes of at least 4 members (excludes halogenated alkanes) is 14. The number of phosphoric acid groups is 1. The molecule has 0 saturated carbocycles. The zero-order valence-electron chi connectivity index (χ0n) is 38.3. The van der Waals surface area contributed by atoms with E-state index in [0.29, 0.717) is 12.8 Å². The van der Waals surface area contributed by atoms with Gasteiger partial charge in [0, 0.05) is 19.4 Å². The molecule has 0 aromatic rings. The third kappa shape index (κ3) is 47.8. The fourth-order valence-corrected chi connectivity index (χ4v) is 6.70. The average molecular weight is 872 g/mol. The molecule has 0 radical (unpaired) electrons. The molecule has 0 rings (SSSR count). The van der Waals surface area contributed by atoms with Crippen LogP contribution in [-0.2, 0) is 27.9 Å². The molecule has 0 aromatic heterocycles. The highest BCUT2D eigenvalue weighted by atomic mass is 31.2. The van der Waals surface area contributed by atoms with Crippen LogP contribution in [0.15, 0.2) is 97.2 Å². The fraction of sp³-hybridized carbons (Fsp3) is 0.647. The zero-order chi connectivity index (χ0) is 44.6. The van der Waals surface area contributed by atoms with E-state index in [1.807, 2.05) is 0 Å². The highest BCUT2D eigenvalue weighted by Crippen LogP contribution is 2.42. The largest absolute Gasteiger partial charge is 0.472 e. The molecule has 3 N–H and O–H groups in total. The second-order valence-electron chi connectivity index (χ2n) is 15.3. The number of rotatable bonds is 43. The number of aliphatic hydroxyl groups is 1. The summed E-state index contributed by atoms with van der Waals surface area (Å²) in [6.45, 7) is 3.36. The number of allylic oxidation sites excluding steroid dienone is 16. The van der Waals surface area contributed by atoms with E-state index in [2.05, 4.69) is 116 Å². The van der Waals surface area contributed by atoms with Gasteiger partial charge in [0.25, 0.3) is 0 Å². The topological polar surface area (TPSA) is 131 Å². The molecule has 0 bridgehead atoms. The number of hydrogen-bond donors (Lipinski definition) is 3. The number of ether oxygens (including phenoxy) is 1. The Morgan fingerprint density at radius 2 is 0.934 bits per heavy atom. The third-order valence-electron chi connectivity index (χ3n) is 9.50. The minimum atomic E-state index is -4.44. The summed E-state index contributed by atoms with van der Waals surface area (Å²) in [5, 5.41) is 12.7. The van der Waals surface area contributed by atoms with Gasteiger partial charge < -0.3 is 20.1 Å². The first-order valence-electron chi connectivity index (χ1n) is 23.7. The maximum atomic E-state index is 12.1. The van der Waals surface area contributed by atoms with Crippen LogP contribution in [0, 0.1) is 0 Å². The molecule has 0 aliphatic rings. The quantitative estimate of drug-likeness (QED) is 0.0239. The first-order chi connectivity index (χ1) is 29.8. The molecule has 0 spiro atoms. The van der Waals surface area contributed by atoms with Crippen LogP contribution in [0.5, 0.6) is 0 Å². The van der Waals surface area contributed by atoms with E-state index >= 15 is 0 Å². The van der Waals surface area contributed by atoms with Gasteiger partial charge in [-0.15, -0.1) is 0 Å². The maximum Gasteiger partial charge on any atom is 0.472 e. The van der Waals surface area contributed by atoms with E-state index in [9.17, 15) is 24.2 Å². The SMILES string of the molecule is CC/C=C\C/C=C\C/C=C\C/C=C\C/C=C\C/C=C\CCCCCCC(=O)OCC(O)COP(=O)(O)OCCNC(=O)CCCCCCCCC/C=C\C/C=C\CCCCC. The Hall–Kier alpha value is -3.07. The number of hydrogen-bond acceptors (Lipinski definition) is 7. The minimum absolute atomic E-state index is 0.0686. The molecular weight excluding hydrogens is 786 g/mol. The van der Waals surface area contributed by atoms with Gasteiger partial charge in [0.2, 0.25) is 5.91 Å². The molecule has 2 unspecified atom stereocenters. The molecule has 0 saturated heterocycles. The van der Waals surface area contributed by atoms with Gasteiger partial charge in [0.05, 0.1) is 13.2 Å². The van der Waals surface area contributed by atoms with Crippen LogP contribution >= 0.6 is 7.82 Å². The van der Waals surface area contributed by atoms with Crippen molar-refractivity contribution >= 4 is 19.7 Å². The monoisotopic (exact) mass is 872 g/mol. The van der Waals surface area contributed by atoms with Gasteiger partial charge in [0.1, 0.15) is 12.7 Å². The number of carbonyl (C=O) groups is 2. The van der Waals surface area contributed by atoms with Gasteiger partial charge in [-0.05, 0) is 96.3 Å². The number of phosphoric ester groups is 1. The summed E-state index contributed by atoms with van der Waals surface area (Å²) in [6.07, 6.45) is 60.5. The molecule has 1 amide bonds. The standard InChI is InChI=1S/C51H86NO8P/c1-3-5-7-9-11-13-15-17-19-21-22-23-24-25-26-28-30-32-34-36-38-40-42-44-51(55)58-47-49(53)48-60-61(56,57)59-46-45-52-50(54)43-41-39-37-35-33-31-29-27-20-18-16-14-12-10-8-6-4-2/h5,7,11-14,17-20,22-23,25-26,30,32,49,53H,3-4,6,8-10,15-16,21,24,27-29,31,33-48H2,1-2H3,(H,52,54)(H,56,57)/b7-5-,13-11-,14-12-,19-17-,20-18-,23-22-,26-25-,32-30-. The van der Waals surface area contributed by atoms with Crippen molar-refractivity contribution in [2.24, 2.45) is 0 Å². The van der Waals surface area contributed by atoms with Gasteiger partial charge in [-0.25, -0.2) is 4.57 Å². The second kappa shape index (κ2) is 46.4. The highest BCUT2D eigenvalue weighted by molar-refractivity contribution is 7.47. The van der Waals surface area contributed by atoms with E-state index in [-0.39, 0.29) is 32.1 Å². The fourth-order valence-electron chi connectivity index (χ4n) is 5.94. The molecule has 0 fully saturated rings. The average Bonchev–Trinajstić information content (AvgIpc) is 3.25. The Kier molecular flexibility index (Phi) is 44.1. The predicted molar refractivity (Wildman–Crippen MR) is 256 cm³/mol. The van der Waals surface area contributed by atoms with E-state index in [1.54, 1.807) is 0 Å². The summed E-state index contributed by atoms with van der Waals surface area (Å²) in [4.78, 5) is 34.0. The van der Waals surface area contributed by atoms with Crippen molar-refractivity contribution < 1.29 is 37.9 Å². The molecule has 2 atom stereocenters. The Bertz CT molecular complexity index is 1320. The first-order valence-corrected chi connectivity index (χ1v) is 25.2. The van der Waals surface area contributed by atoms with Crippen molar-refractivity contribution in [3.63, 3.8) is 0 Å². The molecule has 348 valence electrons. The van der Waals surface area contributed by atoms with Gasteiger partial charge >= 0.3 is 13.8 Å². The molecule has 0 aliphatic heterocycles. The van der Waals surface area contributed by atoms with Crippen molar-refractivity contribution in [2.45, 2.75) is 187 Å². The lowest BCUT2D eigenvalue weighted by Gasteiger charge is -2.15. The van der Waals surface area contributed by atoms with Crippen LogP contribution in [0.3, 0.4) is 0 Å². The second-order valence-corrected chi connectivity index (χ2v) is 16.8. The lowest BCUT2D eigenvalue weighted by atomic mass is 10.1. The molecule has 0 heterocycles. The van der Waals surface area contributed by atoms with Crippen molar-refractivity contribution in [3.8, 4) is 0 Å². The molecule has 9 nitrogen and oxygen atoms in total. The Balaban J connectivity index is 3.68.